The lowest BCUT2D eigenvalue weighted by Gasteiger charge is -2.41. The minimum absolute atomic E-state index is 0.261. The van der Waals surface area contributed by atoms with E-state index in [-0.39, 0.29) is 12.8 Å². The summed E-state index contributed by atoms with van der Waals surface area (Å²) in [5, 5.41) is 19.6. The highest BCUT2D eigenvalue weighted by atomic mass is 16.6. The quantitative estimate of drug-likeness (QED) is 0.827. The predicted octanol–water partition coefficient (Wildman–Crippen LogP) is 1.86. The topological polar surface area (TPSA) is 87.1 Å². The zero-order valence-electron chi connectivity index (χ0n) is 12.7. The molecule has 6 heteroatoms. The van der Waals surface area contributed by atoms with Gasteiger partial charge >= 0.3 is 12.1 Å². The van der Waals surface area contributed by atoms with Gasteiger partial charge in [0.1, 0.15) is 5.60 Å². The molecule has 0 aromatic heterocycles. The van der Waals surface area contributed by atoms with Crippen LogP contribution in [0.15, 0.2) is 0 Å². The maximum atomic E-state index is 11.9. The zero-order valence-corrected chi connectivity index (χ0v) is 12.7. The minimum Gasteiger partial charge on any atom is -0.481 e. The normalized spacial score (nSPS) is 20.4. The van der Waals surface area contributed by atoms with E-state index in [4.69, 9.17) is 9.84 Å². The molecule has 1 fully saturated rings. The number of aliphatic hydroxyl groups is 1. The van der Waals surface area contributed by atoms with E-state index in [0.29, 0.717) is 19.5 Å². The van der Waals surface area contributed by atoms with E-state index in [1.54, 1.807) is 27.7 Å². The predicted molar refractivity (Wildman–Crippen MR) is 73.4 cm³/mol. The molecule has 6 nitrogen and oxygen atoms in total. The Bertz CT molecular complexity index is 366. The summed E-state index contributed by atoms with van der Waals surface area (Å²) in [6.07, 6.45) is 0.481. The second kappa shape index (κ2) is 5.99. The van der Waals surface area contributed by atoms with Crippen LogP contribution in [0, 0.1) is 5.92 Å². The molecule has 1 unspecified atom stereocenters. The van der Waals surface area contributed by atoms with Gasteiger partial charge in [0.25, 0.3) is 0 Å². The van der Waals surface area contributed by atoms with Crippen molar-refractivity contribution in [2.75, 3.05) is 13.1 Å². The summed E-state index contributed by atoms with van der Waals surface area (Å²) >= 11 is 0. The van der Waals surface area contributed by atoms with Crippen molar-refractivity contribution in [2.45, 2.75) is 58.2 Å². The summed E-state index contributed by atoms with van der Waals surface area (Å²) < 4.78 is 5.27. The molecule has 1 amide bonds. The number of hydrogen-bond acceptors (Lipinski definition) is 4. The maximum Gasteiger partial charge on any atom is 0.410 e. The van der Waals surface area contributed by atoms with E-state index in [1.165, 1.54) is 4.90 Å². The lowest BCUT2D eigenvalue weighted by atomic mass is 9.78. The molecular formula is C14H25NO5. The van der Waals surface area contributed by atoms with Gasteiger partial charge in [0, 0.05) is 13.1 Å². The first-order chi connectivity index (χ1) is 9.09. The van der Waals surface area contributed by atoms with Crippen molar-refractivity contribution in [1.82, 2.24) is 4.90 Å². The Morgan fingerprint density at radius 2 is 1.80 bits per heavy atom. The van der Waals surface area contributed by atoms with Crippen molar-refractivity contribution < 1.29 is 24.5 Å². The highest BCUT2D eigenvalue weighted by Crippen LogP contribution is 2.32. The third-order valence-electron chi connectivity index (χ3n) is 3.64. The number of piperidine rings is 1. The summed E-state index contributed by atoms with van der Waals surface area (Å²) in [6, 6.07) is 0. The van der Waals surface area contributed by atoms with E-state index in [0.717, 1.165) is 0 Å². The molecule has 0 spiro atoms. The van der Waals surface area contributed by atoms with Gasteiger partial charge in [-0.25, -0.2) is 4.79 Å². The fourth-order valence-corrected chi connectivity index (χ4v) is 2.54. The summed E-state index contributed by atoms with van der Waals surface area (Å²) in [6.45, 7) is 7.76. The van der Waals surface area contributed by atoms with Crippen molar-refractivity contribution in [2.24, 2.45) is 5.92 Å². The average Bonchev–Trinajstić information content (AvgIpc) is 2.27. The van der Waals surface area contributed by atoms with Crippen LogP contribution in [-0.2, 0) is 9.53 Å². The number of likely N-dealkylation sites (tertiary alicyclic amines) is 1. The van der Waals surface area contributed by atoms with Crippen LogP contribution < -0.4 is 0 Å². The van der Waals surface area contributed by atoms with E-state index >= 15 is 0 Å². The molecule has 0 aliphatic carbocycles. The van der Waals surface area contributed by atoms with E-state index in [1.807, 2.05) is 0 Å². The summed E-state index contributed by atoms with van der Waals surface area (Å²) in [5.74, 6) is -1.77. The van der Waals surface area contributed by atoms with Crippen molar-refractivity contribution in [3.63, 3.8) is 0 Å². The van der Waals surface area contributed by atoms with Crippen LogP contribution in [0.25, 0.3) is 0 Å². The maximum absolute atomic E-state index is 11.9. The third kappa shape index (κ3) is 4.10. The number of amides is 1. The highest BCUT2D eigenvalue weighted by molar-refractivity contribution is 5.72. The van der Waals surface area contributed by atoms with Crippen LogP contribution >= 0.6 is 0 Å². The first-order valence-electron chi connectivity index (χ1n) is 7.02. The van der Waals surface area contributed by atoms with Crippen molar-refractivity contribution in [1.29, 1.82) is 0 Å². The molecular weight excluding hydrogens is 262 g/mol. The molecule has 0 aromatic rings. The van der Waals surface area contributed by atoms with Gasteiger partial charge in [-0.3, -0.25) is 4.79 Å². The fourth-order valence-electron chi connectivity index (χ4n) is 2.54. The van der Waals surface area contributed by atoms with Crippen LogP contribution in [-0.4, -0.2) is 51.5 Å². The molecule has 116 valence electrons. The van der Waals surface area contributed by atoms with Crippen LogP contribution in [0.1, 0.15) is 47.0 Å². The van der Waals surface area contributed by atoms with Gasteiger partial charge in [-0.2, -0.15) is 0 Å². The summed E-state index contributed by atoms with van der Waals surface area (Å²) in [4.78, 5) is 24.6. The smallest absolute Gasteiger partial charge is 0.410 e. The number of carbonyl (C=O) groups excluding carboxylic acids is 1. The molecule has 1 heterocycles. The molecule has 20 heavy (non-hydrogen) atoms. The monoisotopic (exact) mass is 287 g/mol. The van der Waals surface area contributed by atoms with Gasteiger partial charge in [0.05, 0.1) is 11.5 Å². The highest BCUT2D eigenvalue weighted by Gasteiger charge is 2.43. The third-order valence-corrected chi connectivity index (χ3v) is 3.64. The molecule has 2 N–H and O–H groups in total. The molecule has 1 atom stereocenters. The zero-order chi connectivity index (χ0) is 15.6. The van der Waals surface area contributed by atoms with Gasteiger partial charge in [-0.15, -0.1) is 0 Å². The van der Waals surface area contributed by atoms with Gasteiger partial charge in [-0.1, -0.05) is 6.92 Å². The number of rotatable bonds is 3. The average molecular weight is 287 g/mol. The minimum atomic E-state index is -1.24. The van der Waals surface area contributed by atoms with E-state index < -0.39 is 29.2 Å². The van der Waals surface area contributed by atoms with Crippen molar-refractivity contribution in [3.05, 3.63) is 0 Å². The van der Waals surface area contributed by atoms with Crippen molar-refractivity contribution in [3.8, 4) is 0 Å². The molecule has 0 saturated carbocycles. The number of carboxylic acid groups (broad SMARTS) is 1. The number of hydrogen-bond donors (Lipinski definition) is 2. The molecule has 1 aliphatic heterocycles. The van der Waals surface area contributed by atoms with Crippen LogP contribution in [0.5, 0.6) is 0 Å². The summed E-state index contributed by atoms with van der Waals surface area (Å²) in [5.41, 5.74) is -1.79. The number of carboxylic acids is 1. The summed E-state index contributed by atoms with van der Waals surface area (Å²) in [7, 11) is 0. The first-order valence-corrected chi connectivity index (χ1v) is 7.02. The van der Waals surface area contributed by atoms with Crippen molar-refractivity contribution >= 4 is 12.1 Å². The second-order valence-corrected chi connectivity index (χ2v) is 6.37. The number of nitrogens with zero attached hydrogens (tertiary/aromatic N) is 1. The van der Waals surface area contributed by atoms with Gasteiger partial charge in [0.2, 0.25) is 0 Å². The largest absolute Gasteiger partial charge is 0.481 e. The van der Waals surface area contributed by atoms with Gasteiger partial charge in [-0.05, 0) is 40.0 Å². The SMILES string of the molecule is CCC(C(=O)O)C1(O)CCN(C(=O)OC(C)(C)C)CC1. The van der Waals surface area contributed by atoms with Crippen LogP contribution in [0.2, 0.25) is 0 Å². The van der Waals surface area contributed by atoms with Gasteiger partial charge in [0.15, 0.2) is 0 Å². The lowest BCUT2D eigenvalue weighted by Crippen LogP contribution is -2.52. The Morgan fingerprint density at radius 3 is 2.15 bits per heavy atom. The molecule has 1 aliphatic rings. The Kier molecular flexibility index (Phi) is 5.02. The Morgan fingerprint density at radius 1 is 1.30 bits per heavy atom. The Balaban J connectivity index is 2.63. The molecule has 1 saturated heterocycles. The number of ether oxygens (including phenoxy) is 1. The first kappa shape index (κ1) is 16.8. The second-order valence-electron chi connectivity index (χ2n) is 6.37. The van der Waals surface area contributed by atoms with Crippen LogP contribution in [0.4, 0.5) is 4.79 Å². The Hall–Kier alpha value is -1.30. The number of aliphatic carboxylic acids is 1. The van der Waals surface area contributed by atoms with E-state index in [2.05, 4.69) is 0 Å². The standard InChI is InChI=1S/C14H25NO5/c1-5-10(11(16)17)14(19)6-8-15(9-7-14)12(18)20-13(2,3)4/h10,19H,5-9H2,1-4H3,(H,16,17). The molecule has 0 aromatic carbocycles. The molecule has 1 rings (SSSR count). The van der Waals surface area contributed by atoms with Crippen LogP contribution in [0.3, 0.4) is 0 Å². The molecule has 0 radical (unpaired) electrons. The Labute approximate surface area is 119 Å². The number of carbonyl (C=O) groups is 2. The van der Waals surface area contributed by atoms with E-state index in [9.17, 15) is 14.7 Å². The van der Waals surface area contributed by atoms with Gasteiger partial charge < -0.3 is 19.8 Å². The fraction of sp³-hybridized carbons (Fsp3) is 0.857. The molecule has 0 bridgehead atoms. The lowest BCUT2D eigenvalue weighted by molar-refractivity contribution is -0.156.